The number of nitrogen functional groups attached to an aromatic ring is 1. The maximum absolute atomic E-state index is 14.1. The highest BCUT2D eigenvalue weighted by atomic mass is 31.2. The molecule has 0 bridgehead atoms. The van der Waals surface area contributed by atoms with Crippen molar-refractivity contribution >= 4 is 30.8 Å². The number of esters is 1. The van der Waals surface area contributed by atoms with E-state index in [1.807, 2.05) is 0 Å². The van der Waals surface area contributed by atoms with Crippen molar-refractivity contribution in [1.82, 2.24) is 24.6 Å². The molecule has 238 valence electrons. The van der Waals surface area contributed by atoms with Crippen LogP contribution in [-0.4, -0.2) is 73.7 Å². The molecule has 1 unspecified atom stereocenters. The third-order valence-electron chi connectivity index (χ3n) is 6.69. The van der Waals surface area contributed by atoms with Crippen molar-refractivity contribution in [3.05, 3.63) is 47.1 Å². The number of nitrogens with two attached hydrogens (primary N) is 1. The summed E-state index contributed by atoms with van der Waals surface area (Å²) in [5.74, 6) is -0.398. The van der Waals surface area contributed by atoms with Crippen LogP contribution in [0.4, 0.5) is 5.95 Å². The van der Waals surface area contributed by atoms with Gasteiger partial charge in [0.1, 0.15) is 23.4 Å². The fourth-order valence-corrected chi connectivity index (χ4v) is 6.19. The molecule has 3 heterocycles. The third-order valence-corrected chi connectivity index (χ3v) is 8.26. The second kappa shape index (κ2) is 13.8. The number of benzene rings is 1. The first kappa shape index (κ1) is 32.9. The first-order valence-corrected chi connectivity index (χ1v) is 15.5. The van der Waals surface area contributed by atoms with Crippen molar-refractivity contribution in [2.45, 2.75) is 77.2 Å². The molecule has 0 aliphatic carbocycles. The smallest absolute Gasteiger partial charge is 0.459 e. The number of hydrogen-bond donors (Lipinski definition) is 3. The number of anilines is 1. The highest BCUT2D eigenvalue weighted by Crippen LogP contribution is 2.48. The molecule has 1 aromatic carbocycles. The summed E-state index contributed by atoms with van der Waals surface area (Å²) in [4.78, 5) is 28.3. The normalized spacial score (nSPS) is 23.6. The van der Waals surface area contributed by atoms with Gasteiger partial charge in [0.15, 0.2) is 17.4 Å². The lowest BCUT2D eigenvalue weighted by Gasteiger charge is -2.28. The predicted molar refractivity (Wildman–Crippen MR) is 157 cm³/mol. The maximum Gasteiger partial charge on any atom is 0.459 e. The zero-order valence-corrected chi connectivity index (χ0v) is 25.8. The maximum atomic E-state index is 14.1. The Balaban J connectivity index is 1.64. The SMILES string of the molecule is CCOc1nc(N)nc2c1ncn2[C@@H]1O[C@H](COP(=O)(N[C@@H](CC)C(=O)OC(C)C)Oc2ccccc2)[C@@H](O)[C@@]1(C)N=[N+]=[N-]. The van der Waals surface area contributed by atoms with Gasteiger partial charge < -0.3 is 29.6 Å². The van der Waals surface area contributed by atoms with Gasteiger partial charge in [-0.25, -0.2) is 9.55 Å². The van der Waals surface area contributed by atoms with Gasteiger partial charge in [-0.2, -0.15) is 15.1 Å². The molecule has 0 radical (unpaired) electrons. The largest absolute Gasteiger partial charge is 0.476 e. The summed E-state index contributed by atoms with van der Waals surface area (Å²) in [5, 5.41) is 17.9. The van der Waals surface area contributed by atoms with Gasteiger partial charge in [0, 0.05) is 4.91 Å². The monoisotopic (exact) mass is 633 g/mol. The number of para-hydroxylation sites is 1. The predicted octanol–water partition coefficient (Wildman–Crippen LogP) is 3.66. The van der Waals surface area contributed by atoms with Gasteiger partial charge >= 0.3 is 13.7 Å². The number of carbonyl (C=O) groups is 1. The average Bonchev–Trinajstić information content (AvgIpc) is 3.49. The van der Waals surface area contributed by atoms with Gasteiger partial charge in [-0.05, 0) is 51.8 Å². The highest BCUT2D eigenvalue weighted by molar-refractivity contribution is 7.52. The fraction of sp³-hybridized carbons (Fsp3) is 0.538. The van der Waals surface area contributed by atoms with E-state index in [0.29, 0.717) is 6.61 Å². The summed E-state index contributed by atoms with van der Waals surface area (Å²) in [5.41, 5.74) is 14.2. The topological polar surface area (TPSA) is 231 Å². The van der Waals surface area contributed by atoms with Crippen LogP contribution in [0.25, 0.3) is 21.6 Å². The van der Waals surface area contributed by atoms with Gasteiger partial charge in [-0.3, -0.25) is 13.9 Å². The number of nitrogens with zero attached hydrogens (tertiary/aromatic N) is 7. The molecular weight excluding hydrogens is 597 g/mol. The number of aliphatic hydroxyl groups is 1. The van der Waals surface area contributed by atoms with E-state index in [9.17, 15) is 20.0 Å². The Labute approximate surface area is 253 Å². The quantitative estimate of drug-likeness (QED) is 0.0757. The summed E-state index contributed by atoms with van der Waals surface area (Å²) in [6.45, 7) is 8.13. The summed E-state index contributed by atoms with van der Waals surface area (Å²) in [6.07, 6.45) is -2.67. The van der Waals surface area contributed by atoms with E-state index in [4.69, 9.17) is 29.0 Å². The summed E-state index contributed by atoms with van der Waals surface area (Å²) in [6, 6.07) is 7.18. The van der Waals surface area contributed by atoms with Crippen molar-refractivity contribution in [1.29, 1.82) is 0 Å². The minimum atomic E-state index is -4.31. The molecule has 3 aromatic rings. The molecule has 44 heavy (non-hydrogen) atoms. The first-order chi connectivity index (χ1) is 20.9. The van der Waals surface area contributed by atoms with Crippen LogP contribution in [0.5, 0.6) is 11.6 Å². The van der Waals surface area contributed by atoms with Crippen molar-refractivity contribution in [3.8, 4) is 11.6 Å². The summed E-state index contributed by atoms with van der Waals surface area (Å²) in [7, 11) is -4.31. The zero-order valence-electron chi connectivity index (χ0n) is 24.9. The van der Waals surface area contributed by atoms with E-state index in [0.717, 1.165) is 0 Å². The number of hydrogen-bond acceptors (Lipinski definition) is 13. The van der Waals surface area contributed by atoms with E-state index in [-0.39, 0.29) is 35.2 Å². The van der Waals surface area contributed by atoms with Crippen LogP contribution in [-0.2, 0) is 23.4 Å². The molecule has 18 heteroatoms. The molecule has 4 rings (SSSR count). The molecular formula is C26H36N9O8P. The van der Waals surface area contributed by atoms with E-state index < -0.39 is 56.4 Å². The number of azide groups is 1. The van der Waals surface area contributed by atoms with Crippen LogP contribution in [0.15, 0.2) is 41.8 Å². The van der Waals surface area contributed by atoms with Crippen LogP contribution >= 0.6 is 7.75 Å². The van der Waals surface area contributed by atoms with Crippen LogP contribution in [0, 0.1) is 0 Å². The molecule has 1 aliphatic rings. The van der Waals surface area contributed by atoms with Crippen LogP contribution in [0.2, 0.25) is 0 Å². The van der Waals surface area contributed by atoms with E-state index >= 15 is 0 Å². The fourth-order valence-electron chi connectivity index (χ4n) is 4.60. The zero-order chi connectivity index (χ0) is 32.1. The number of fused-ring (bicyclic) bond motifs is 1. The second-order valence-corrected chi connectivity index (χ2v) is 12.0. The third kappa shape index (κ3) is 7.04. The standard InChI is InChI=1S/C26H36N9O8P/c1-6-17(23(37)41-15(3)4)32-44(38,43-16-11-9-8-10-12-16)40-13-18-20(36)26(5,33-34-28)24(42-18)35-14-29-19-21(35)30-25(27)31-22(19)39-7-2/h8-12,14-15,17-18,20,24,36H,6-7,13H2,1-5H3,(H,32,38)(H2,27,30,31)/t17-,18+,20+,24+,26+,44?/m0/s1. The molecule has 0 saturated carbocycles. The lowest BCUT2D eigenvalue weighted by molar-refractivity contribution is -0.149. The van der Waals surface area contributed by atoms with Crippen LogP contribution in [0.3, 0.4) is 0 Å². The van der Waals surface area contributed by atoms with Crippen molar-refractivity contribution in [2.75, 3.05) is 18.9 Å². The number of imidazole rings is 1. The molecule has 17 nitrogen and oxygen atoms in total. The second-order valence-electron chi connectivity index (χ2n) is 10.3. The molecule has 6 atom stereocenters. The van der Waals surface area contributed by atoms with Gasteiger partial charge in [-0.15, -0.1) is 0 Å². The Morgan fingerprint density at radius 2 is 2.05 bits per heavy atom. The molecule has 0 amide bonds. The molecule has 1 fully saturated rings. The van der Waals surface area contributed by atoms with Gasteiger partial charge in [0.2, 0.25) is 11.8 Å². The highest BCUT2D eigenvalue weighted by Gasteiger charge is 2.55. The minimum Gasteiger partial charge on any atom is -0.476 e. The van der Waals surface area contributed by atoms with E-state index in [1.165, 1.54) is 17.8 Å². The molecule has 0 spiro atoms. The first-order valence-electron chi connectivity index (χ1n) is 13.9. The van der Waals surface area contributed by atoms with Crippen LogP contribution in [0.1, 0.15) is 47.3 Å². The van der Waals surface area contributed by atoms with Crippen molar-refractivity contribution < 1.29 is 37.7 Å². The van der Waals surface area contributed by atoms with Gasteiger partial charge in [0.25, 0.3) is 0 Å². The number of nitrogens with one attached hydrogen (secondary N) is 1. The van der Waals surface area contributed by atoms with Gasteiger partial charge in [-0.1, -0.05) is 30.2 Å². The molecule has 1 saturated heterocycles. The van der Waals surface area contributed by atoms with Crippen molar-refractivity contribution in [2.24, 2.45) is 5.11 Å². The molecule has 4 N–H and O–H groups in total. The number of aliphatic hydroxyl groups excluding tert-OH is 1. The lowest BCUT2D eigenvalue weighted by Crippen LogP contribution is -2.43. The average molecular weight is 634 g/mol. The van der Waals surface area contributed by atoms with Crippen molar-refractivity contribution in [3.63, 3.8) is 0 Å². The Morgan fingerprint density at radius 3 is 2.68 bits per heavy atom. The van der Waals surface area contributed by atoms with E-state index in [1.54, 1.807) is 58.0 Å². The lowest BCUT2D eigenvalue weighted by atomic mass is 9.93. The number of ether oxygens (including phenoxy) is 3. The van der Waals surface area contributed by atoms with Crippen LogP contribution < -0.4 is 20.1 Å². The number of carbonyl (C=O) groups excluding carboxylic acids is 1. The van der Waals surface area contributed by atoms with Gasteiger partial charge in [0.05, 0.1) is 31.7 Å². The molecule has 2 aromatic heterocycles. The Morgan fingerprint density at radius 1 is 1.32 bits per heavy atom. The Kier molecular flexibility index (Phi) is 10.3. The number of aromatic nitrogens is 4. The Bertz CT molecular complexity index is 1550. The summed E-state index contributed by atoms with van der Waals surface area (Å²) < 4.78 is 44.0. The number of rotatable bonds is 14. The van der Waals surface area contributed by atoms with E-state index in [2.05, 4.69) is 30.1 Å². The Hall–Kier alpha value is -3.98. The summed E-state index contributed by atoms with van der Waals surface area (Å²) >= 11 is 0. The molecule has 1 aliphatic heterocycles. The minimum absolute atomic E-state index is 0.0989.